The van der Waals surface area contributed by atoms with Gasteiger partial charge in [0.15, 0.2) is 0 Å². The summed E-state index contributed by atoms with van der Waals surface area (Å²) >= 11 is 0. The van der Waals surface area contributed by atoms with Crippen molar-refractivity contribution < 1.29 is 23.8 Å². The summed E-state index contributed by atoms with van der Waals surface area (Å²) in [6.45, 7) is 1.55. The van der Waals surface area contributed by atoms with Gasteiger partial charge in [0.05, 0.1) is 44.2 Å². The van der Waals surface area contributed by atoms with Gasteiger partial charge in [-0.15, -0.1) is 0 Å². The Labute approximate surface area is 174 Å². The molecule has 0 saturated carbocycles. The van der Waals surface area contributed by atoms with Crippen molar-refractivity contribution in [1.29, 1.82) is 0 Å². The molecule has 1 aromatic heterocycles. The molecule has 0 spiro atoms. The van der Waals surface area contributed by atoms with E-state index >= 15 is 0 Å². The highest BCUT2D eigenvalue weighted by molar-refractivity contribution is 5.90. The molecule has 3 rings (SSSR count). The van der Waals surface area contributed by atoms with Crippen molar-refractivity contribution in [3.05, 3.63) is 69.6 Å². The van der Waals surface area contributed by atoms with Crippen LogP contribution in [0.1, 0.15) is 16.7 Å². The van der Waals surface area contributed by atoms with Gasteiger partial charge in [-0.25, -0.2) is 4.79 Å². The zero-order valence-corrected chi connectivity index (χ0v) is 17.2. The summed E-state index contributed by atoms with van der Waals surface area (Å²) in [6.07, 6.45) is 0.326. The van der Waals surface area contributed by atoms with E-state index in [4.69, 9.17) is 13.9 Å². The second-order valence-electron chi connectivity index (χ2n) is 7.01. The van der Waals surface area contributed by atoms with E-state index in [1.54, 1.807) is 19.1 Å². The van der Waals surface area contributed by atoms with E-state index in [-0.39, 0.29) is 24.5 Å². The third-order valence-corrected chi connectivity index (χ3v) is 5.02. The number of hydrogen-bond acceptors (Lipinski definition) is 6. The molecule has 1 amide bonds. The Bertz CT molecular complexity index is 1090. The van der Waals surface area contributed by atoms with E-state index in [0.29, 0.717) is 34.5 Å². The highest BCUT2D eigenvalue weighted by Crippen LogP contribution is 2.33. The average Bonchev–Trinajstić information content (AvgIpc) is 2.75. The number of carbonyl (C=O) groups excluding carboxylic acids is 1. The van der Waals surface area contributed by atoms with Gasteiger partial charge in [0.25, 0.3) is 0 Å². The Morgan fingerprint density at radius 3 is 2.53 bits per heavy atom. The summed E-state index contributed by atoms with van der Waals surface area (Å²) in [5.41, 5.74) is 1.60. The molecule has 0 fully saturated rings. The van der Waals surface area contributed by atoms with Crippen molar-refractivity contribution in [2.75, 3.05) is 20.8 Å². The first-order valence-corrected chi connectivity index (χ1v) is 9.59. The number of carbonyl (C=O) groups is 1. The number of fused-ring (bicyclic) bond motifs is 1. The Morgan fingerprint density at radius 2 is 1.90 bits per heavy atom. The van der Waals surface area contributed by atoms with Crippen LogP contribution in [-0.2, 0) is 17.6 Å². The maximum Gasteiger partial charge on any atom is 0.340 e. The molecule has 0 saturated heterocycles. The minimum atomic E-state index is -0.589. The number of benzene rings is 2. The SMILES string of the molecule is COc1cc(OC)c2c(C)c(CC(=O)NC(CO)Cc3ccccc3)c(=O)oc2c1. The zero-order chi connectivity index (χ0) is 21.7. The molecule has 7 heteroatoms. The highest BCUT2D eigenvalue weighted by atomic mass is 16.5. The van der Waals surface area contributed by atoms with Gasteiger partial charge >= 0.3 is 5.63 Å². The van der Waals surface area contributed by atoms with Gasteiger partial charge < -0.3 is 24.3 Å². The van der Waals surface area contributed by atoms with Crippen LogP contribution in [-0.4, -0.2) is 37.9 Å². The lowest BCUT2D eigenvalue weighted by Crippen LogP contribution is -2.40. The number of nitrogens with one attached hydrogen (secondary N) is 1. The fourth-order valence-electron chi connectivity index (χ4n) is 3.46. The van der Waals surface area contributed by atoms with Gasteiger partial charge in [-0.05, 0) is 24.5 Å². The third kappa shape index (κ3) is 4.63. The molecule has 2 N–H and O–H groups in total. The first-order chi connectivity index (χ1) is 14.5. The van der Waals surface area contributed by atoms with Gasteiger partial charge in [-0.2, -0.15) is 0 Å². The predicted molar refractivity (Wildman–Crippen MR) is 113 cm³/mol. The van der Waals surface area contributed by atoms with Crippen LogP contribution in [0.15, 0.2) is 51.7 Å². The van der Waals surface area contributed by atoms with Crippen LogP contribution in [0.25, 0.3) is 11.0 Å². The molecular weight excluding hydrogens is 386 g/mol. The number of methoxy groups -OCH3 is 2. The molecule has 2 aromatic carbocycles. The molecule has 1 unspecified atom stereocenters. The van der Waals surface area contributed by atoms with E-state index in [9.17, 15) is 14.7 Å². The van der Waals surface area contributed by atoms with E-state index in [0.717, 1.165) is 5.56 Å². The molecule has 7 nitrogen and oxygen atoms in total. The van der Waals surface area contributed by atoms with Crippen LogP contribution in [0.2, 0.25) is 0 Å². The highest BCUT2D eigenvalue weighted by Gasteiger charge is 2.20. The van der Waals surface area contributed by atoms with Crippen molar-refractivity contribution in [1.82, 2.24) is 5.32 Å². The third-order valence-electron chi connectivity index (χ3n) is 5.02. The number of ether oxygens (including phenoxy) is 2. The van der Waals surface area contributed by atoms with Gasteiger partial charge in [0, 0.05) is 12.1 Å². The average molecular weight is 411 g/mol. The summed E-state index contributed by atoms with van der Waals surface area (Å²) in [4.78, 5) is 25.2. The van der Waals surface area contributed by atoms with Crippen LogP contribution in [0.5, 0.6) is 11.5 Å². The van der Waals surface area contributed by atoms with Crippen LogP contribution >= 0.6 is 0 Å². The lowest BCUT2D eigenvalue weighted by Gasteiger charge is -2.17. The fraction of sp³-hybridized carbons (Fsp3) is 0.304. The maximum atomic E-state index is 12.6. The molecule has 30 heavy (non-hydrogen) atoms. The molecule has 0 bridgehead atoms. The van der Waals surface area contributed by atoms with E-state index in [2.05, 4.69) is 5.32 Å². The molecule has 158 valence electrons. The fourth-order valence-corrected chi connectivity index (χ4v) is 3.46. The summed E-state index contributed by atoms with van der Waals surface area (Å²) < 4.78 is 16.1. The Kier molecular flexibility index (Phi) is 6.74. The lowest BCUT2D eigenvalue weighted by molar-refractivity contribution is -0.121. The largest absolute Gasteiger partial charge is 0.496 e. The topological polar surface area (TPSA) is 98.0 Å². The van der Waals surface area contributed by atoms with Gasteiger partial charge in [-0.1, -0.05) is 30.3 Å². The maximum absolute atomic E-state index is 12.6. The van der Waals surface area contributed by atoms with Crippen molar-refractivity contribution in [3.8, 4) is 11.5 Å². The van der Waals surface area contributed by atoms with Crippen LogP contribution in [0, 0.1) is 6.92 Å². The number of aryl methyl sites for hydroxylation is 1. The minimum absolute atomic E-state index is 0.162. The first kappa shape index (κ1) is 21.4. The molecule has 1 atom stereocenters. The number of rotatable bonds is 8. The second-order valence-corrected chi connectivity index (χ2v) is 7.01. The van der Waals surface area contributed by atoms with Crippen LogP contribution in [0.3, 0.4) is 0 Å². The van der Waals surface area contributed by atoms with Crippen LogP contribution in [0.4, 0.5) is 0 Å². The summed E-state index contributed by atoms with van der Waals surface area (Å²) in [7, 11) is 3.03. The summed E-state index contributed by atoms with van der Waals surface area (Å²) in [6, 6.07) is 12.4. The first-order valence-electron chi connectivity index (χ1n) is 9.59. The predicted octanol–water partition coefficient (Wildman–Crippen LogP) is 2.38. The van der Waals surface area contributed by atoms with Crippen molar-refractivity contribution in [2.24, 2.45) is 0 Å². The smallest absolute Gasteiger partial charge is 0.340 e. The second kappa shape index (κ2) is 9.45. The van der Waals surface area contributed by atoms with E-state index in [1.165, 1.54) is 14.2 Å². The molecule has 0 aliphatic heterocycles. The molecular formula is C23H25NO6. The quantitative estimate of drug-likeness (QED) is 0.553. The zero-order valence-electron chi connectivity index (χ0n) is 17.2. The van der Waals surface area contributed by atoms with Crippen LogP contribution < -0.4 is 20.4 Å². The Morgan fingerprint density at radius 1 is 1.17 bits per heavy atom. The number of aliphatic hydroxyl groups is 1. The molecule has 0 aliphatic carbocycles. The van der Waals surface area contributed by atoms with E-state index < -0.39 is 11.7 Å². The molecule has 0 aliphatic rings. The standard InChI is InChI=1S/C23H25NO6/c1-14-18(12-21(26)24-16(13-25)9-15-7-5-4-6-8-15)23(27)30-20-11-17(28-2)10-19(29-3)22(14)20/h4-8,10-11,16,25H,9,12-13H2,1-3H3,(H,24,26). The van der Waals surface area contributed by atoms with E-state index in [1.807, 2.05) is 30.3 Å². The normalized spacial score (nSPS) is 11.9. The summed E-state index contributed by atoms with van der Waals surface area (Å²) in [5.74, 6) is 0.621. The Hall–Kier alpha value is -3.32. The van der Waals surface area contributed by atoms with Crippen molar-refractivity contribution >= 4 is 16.9 Å². The Balaban J connectivity index is 1.85. The monoisotopic (exact) mass is 411 g/mol. The lowest BCUT2D eigenvalue weighted by atomic mass is 10.0. The van der Waals surface area contributed by atoms with Crippen molar-refractivity contribution in [2.45, 2.75) is 25.8 Å². The molecule has 0 radical (unpaired) electrons. The van der Waals surface area contributed by atoms with Gasteiger partial charge in [0.1, 0.15) is 17.1 Å². The molecule has 1 heterocycles. The summed E-state index contributed by atoms with van der Waals surface area (Å²) in [5, 5.41) is 13.1. The molecule has 3 aromatic rings. The van der Waals surface area contributed by atoms with Gasteiger partial charge in [0.2, 0.25) is 5.91 Å². The number of aliphatic hydroxyl groups excluding tert-OH is 1. The van der Waals surface area contributed by atoms with Crippen molar-refractivity contribution in [3.63, 3.8) is 0 Å². The number of amides is 1. The van der Waals surface area contributed by atoms with Gasteiger partial charge in [-0.3, -0.25) is 4.79 Å². The minimum Gasteiger partial charge on any atom is -0.496 e. The number of hydrogen-bond donors (Lipinski definition) is 2.